The van der Waals surface area contributed by atoms with Crippen LogP contribution in [0.1, 0.15) is 23.6 Å². The van der Waals surface area contributed by atoms with Gasteiger partial charge in [-0.15, -0.1) is 0 Å². The van der Waals surface area contributed by atoms with E-state index in [-0.39, 0.29) is 30.9 Å². The topological polar surface area (TPSA) is 186 Å². The molecule has 0 aliphatic carbocycles. The minimum atomic E-state index is -1.10. The lowest BCUT2D eigenvalue weighted by Crippen LogP contribution is -2.55. The number of hydrogen-bond acceptors (Lipinski definition) is 8. The molecular weight excluding hydrogens is 795 g/mol. The first-order valence-electron chi connectivity index (χ1n) is 20.7. The number of nitrogens with zero attached hydrogens (tertiary/aromatic N) is 1. The van der Waals surface area contributed by atoms with Gasteiger partial charge in [0.05, 0.1) is 18.3 Å². The van der Waals surface area contributed by atoms with E-state index in [9.17, 15) is 19.5 Å². The number of phenolic OH excluding ortho intramolecular Hbond substituents is 1. The number of methoxy groups -OCH3 is 1. The van der Waals surface area contributed by atoms with Crippen LogP contribution in [0.5, 0.6) is 11.5 Å². The molecule has 13 heteroatoms. The molecule has 0 bridgehead atoms. The van der Waals surface area contributed by atoms with Crippen molar-refractivity contribution in [1.29, 1.82) is 0 Å². The van der Waals surface area contributed by atoms with Crippen molar-refractivity contribution in [2.24, 2.45) is 0 Å². The molecule has 5 aromatic carbocycles. The van der Waals surface area contributed by atoms with Gasteiger partial charge < -0.3 is 45.5 Å². The number of aromatic nitrogens is 4. The van der Waals surface area contributed by atoms with Crippen LogP contribution >= 0.6 is 0 Å². The largest absolute Gasteiger partial charge is 0.504 e. The molecule has 9 rings (SSSR count). The van der Waals surface area contributed by atoms with Crippen LogP contribution in [0.4, 0.5) is 5.82 Å². The highest BCUT2D eigenvalue weighted by molar-refractivity contribution is 6.12. The van der Waals surface area contributed by atoms with Gasteiger partial charge in [-0.1, -0.05) is 84.9 Å². The van der Waals surface area contributed by atoms with E-state index in [2.05, 4.69) is 30.9 Å². The Balaban J connectivity index is 1.07. The van der Waals surface area contributed by atoms with Gasteiger partial charge in [0.25, 0.3) is 0 Å². The molecule has 2 amide bonds. The maximum Gasteiger partial charge on any atom is 0.328 e. The van der Waals surface area contributed by atoms with Crippen LogP contribution in [0, 0.1) is 0 Å². The van der Waals surface area contributed by atoms with Gasteiger partial charge in [-0.05, 0) is 66.1 Å². The van der Waals surface area contributed by atoms with E-state index < -0.39 is 35.9 Å². The van der Waals surface area contributed by atoms with Crippen LogP contribution < -0.4 is 20.7 Å². The number of aromatic amines is 3. The second-order valence-corrected chi connectivity index (χ2v) is 15.5. The van der Waals surface area contributed by atoms with E-state index in [4.69, 9.17) is 14.5 Å². The molecule has 3 atom stereocenters. The van der Waals surface area contributed by atoms with E-state index in [1.807, 2.05) is 122 Å². The summed E-state index contributed by atoms with van der Waals surface area (Å²) in [7, 11) is 1.49. The van der Waals surface area contributed by atoms with Crippen LogP contribution in [-0.2, 0) is 38.6 Å². The fraction of sp³-hybridized carbons (Fsp3) is 0.160. The monoisotopic (exact) mass is 839 g/mol. The summed E-state index contributed by atoms with van der Waals surface area (Å²) >= 11 is 0. The van der Waals surface area contributed by atoms with E-state index in [1.54, 1.807) is 25.1 Å². The third-order valence-corrected chi connectivity index (χ3v) is 11.4. The maximum atomic E-state index is 15.0. The highest BCUT2D eigenvalue weighted by Gasteiger charge is 2.30. The molecule has 4 heterocycles. The number of phenols is 1. The number of esters is 1. The SMILES string of the molecule is COc1cc(-c2nc(N[C@@H](Cc3c[nH]c4ccccc34)C(=O)N[C@@H](Cc3c[nH]c4ccccc34)C(=O)N[C@@H](C)C(=O)OCc3ccccc3)cc3c2[nH]c2ccccc23)ccc1O. The zero-order chi connectivity index (χ0) is 43.5. The number of pyridine rings is 1. The molecule has 9 aromatic rings. The normalized spacial score (nSPS) is 12.9. The highest BCUT2D eigenvalue weighted by atomic mass is 16.5. The van der Waals surface area contributed by atoms with Gasteiger partial charge in [0.2, 0.25) is 11.8 Å². The number of aromatic hydroxyl groups is 1. The Bertz CT molecular complexity index is 3120. The van der Waals surface area contributed by atoms with Gasteiger partial charge in [0.15, 0.2) is 11.5 Å². The molecule has 63 heavy (non-hydrogen) atoms. The summed E-state index contributed by atoms with van der Waals surface area (Å²) in [5, 5.41) is 23.5. The van der Waals surface area contributed by atoms with Gasteiger partial charge >= 0.3 is 5.97 Å². The zero-order valence-electron chi connectivity index (χ0n) is 34.6. The Morgan fingerprint density at radius 3 is 1.97 bits per heavy atom. The number of nitrogens with one attached hydrogen (secondary N) is 6. The van der Waals surface area contributed by atoms with E-state index in [0.29, 0.717) is 17.1 Å². The highest BCUT2D eigenvalue weighted by Crippen LogP contribution is 2.37. The number of carbonyl (C=O) groups is 3. The number of rotatable bonds is 15. The molecule has 316 valence electrons. The predicted octanol–water partition coefficient (Wildman–Crippen LogP) is 8.06. The fourth-order valence-corrected chi connectivity index (χ4v) is 8.09. The zero-order valence-corrected chi connectivity index (χ0v) is 34.6. The second kappa shape index (κ2) is 17.5. The average molecular weight is 840 g/mol. The molecule has 0 unspecified atom stereocenters. The summed E-state index contributed by atoms with van der Waals surface area (Å²) in [6.45, 7) is 1.61. The van der Waals surface area contributed by atoms with Gasteiger partial charge in [0, 0.05) is 68.9 Å². The number of amides is 2. The summed E-state index contributed by atoms with van der Waals surface area (Å²) in [6.07, 6.45) is 4.06. The molecule has 0 aliphatic rings. The smallest absolute Gasteiger partial charge is 0.328 e. The average Bonchev–Trinajstić information content (AvgIpc) is 4.03. The van der Waals surface area contributed by atoms with Crippen molar-refractivity contribution in [3.8, 4) is 22.8 Å². The first-order valence-corrected chi connectivity index (χ1v) is 20.7. The number of hydrogen-bond donors (Lipinski definition) is 7. The number of carbonyl (C=O) groups excluding carboxylic acids is 3. The Morgan fingerprint density at radius 1 is 0.683 bits per heavy atom. The number of ether oxygens (including phenoxy) is 2. The molecule has 0 saturated heterocycles. The standard InChI is InChI=1S/C50H45N7O6/c1-29(50(61)63-28-30-12-4-3-5-13-30)53-48(59)42(23-33-27-52-39-18-10-7-15-35(33)39)56-49(60)41(22-32-26-51-38-17-9-6-14-34(32)38)54-45-25-37-36-16-8-11-19-40(36)55-47(37)46(57-45)31-20-21-43(58)44(24-31)62-2/h3-21,24-27,29,41-42,51-52,55,58H,22-23,28H2,1-2H3,(H,53,59)(H,54,57)(H,56,60)/t29-,41-,42-/m0/s1. The lowest BCUT2D eigenvalue weighted by Gasteiger charge is -2.25. The van der Waals surface area contributed by atoms with Gasteiger partial charge in [-0.3, -0.25) is 9.59 Å². The minimum Gasteiger partial charge on any atom is -0.504 e. The molecule has 0 aliphatic heterocycles. The lowest BCUT2D eigenvalue weighted by molar-refractivity contribution is -0.148. The first kappa shape index (κ1) is 40.4. The Labute approximate surface area is 361 Å². The van der Waals surface area contributed by atoms with Gasteiger partial charge in [-0.2, -0.15) is 0 Å². The van der Waals surface area contributed by atoms with Crippen LogP contribution in [0.2, 0.25) is 0 Å². The molecule has 0 radical (unpaired) electrons. The molecule has 4 aromatic heterocycles. The minimum absolute atomic E-state index is 0.0106. The Kier molecular flexibility index (Phi) is 11.2. The maximum absolute atomic E-state index is 15.0. The van der Waals surface area contributed by atoms with E-state index in [0.717, 1.165) is 60.3 Å². The summed E-state index contributed by atoms with van der Waals surface area (Å²) in [4.78, 5) is 57.6. The van der Waals surface area contributed by atoms with Gasteiger partial charge in [-0.25, -0.2) is 9.78 Å². The van der Waals surface area contributed by atoms with Crippen LogP contribution in [0.25, 0.3) is 54.9 Å². The van der Waals surface area contributed by atoms with Gasteiger partial charge in [0.1, 0.15) is 30.6 Å². The Morgan fingerprint density at radius 2 is 1.29 bits per heavy atom. The molecule has 7 N–H and O–H groups in total. The van der Waals surface area contributed by atoms with Crippen molar-refractivity contribution in [2.75, 3.05) is 12.4 Å². The van der Waals surface area contributed by atoms with Crippen LogP contribution in [0.3, 0.4) is 0 Å². The summed E-state index contributed by atoms with van der Waals surface area (Å²) in [5.41, 5.74) is 7.21. The van der Waals surface area contributed by atoms with Crippen LogP contribution in [0.15, 0.2) is 140 Å². The van der Waals surface area contributed by atoms with Crippen molar-refractivity contribution < 1.29 is 29.0 Å². The summed E-state index contributed by atoms with van der Waals surface area (Å²) < 4.78 is 11.0. The number of anilines is 1. The van der Waals surface area contributed by atoms with E-state index in [1.165, 1.54) is 7.11 Å². The third kappa shape index (κ3) is 8.49. The lowest BCUT2D eigenvalue weighted by atomic mass is 10.0. The van der Waals surface area contributed by atoms with Crippen molar-refractivity contribution in [3.05, 3.63) is 156 Å². The third-order valence-electron chi connectivity index (χ3n) is 11.4. The Hall–Kier alpha value is -8.06. The number of para-hydroxylation sites is 3. The first-order chi connectivity index (χ1) is 30.7. The van der Waals surface area contributed by atoms with Crippen molar-refractivity contribution in [1.82, 2.24) is 30.6 Å². The summed E-state index contributed by atoms with van der Waals surface area (Å²) in [5.74, 6) is -0.945. The summed E-state index contributed by atoms with van der Waals surface area (Å²) in [6, 6.07) is 36.7. The molecule has 13 nitrogen and oxygen atoms in total. The number of fused-ring (bicyclic) bond motifs is 5. The molecule has 0 saturated carbocycles. The number of benzene rings is 5. The predicted molar refractivity (Wildman–Crippen MR) is 244 cm³/mol. The molecular formula is C50H45N7O6. The van der Waals surface area contributed by atoms with Crippen molar-refractivity contribution in [2.45, 2.75) is 44.5 Å². The fourth-order valence-electron chi connectivity index (χ4n) is 8.09. The van der Waals surface area contributed by atoms with Crippen molar-refractivity contribution in [3.63, 3.8) is 0 Å². The molecule has 0 spiro atoms. The van der Waals surface area contributed by atoms with E-state index >= 15 is 0 Å². The van der Waals surface area contributed by atoms with Crippen molar-refractivity contribution >= 4 is 67.2 Å². The quantitative estimate of drug-likeness (QED) is 0.0506. The van der Waals surface area contributed by atoms with Crippen LogP contribution in [-0.4, -0.2) is 68.1 Å². The molecule has 0 fully saturated rings. The number of H-pyrrole nitrogens is 3. The second-order valence-electron chi connectivity index (χ2n) is 15.5.